The van der Waals surface area contributed by atoms with E-state index in [2.05, 4.69) is 31.5 Å². The van der Waals surface area contributed by atoms with Crippen molar-refractivity contribution in [2.24, 2.45) is 0 Å². The highest BCUT2D eigenvalue weighted by molar-refractivity contribution is 9.10. The molecule has 0 spiro atoms. The summed E-state index contributed by atoms with van der Waals surface area (Å²) in [4.78, 5) is 0. The van der Waals surface area contributed by atoms with Crippen molar-refractivity contribution < 1.29 is 9.47 Å². The van der Waals surface area contributed by atoms with E-state index < -0.39 is 0 Å². The first-order valence-corrected chi connectivity index (χ1v) is 7.39. The van der Waals surface area contributed by atoms with E-state index in [9.17, 15) is 0 Å². The van der Waals surface area contributed by atoms with Crippen LogP contribution in [0.25, 0.3) is 11.4 Å². The number of nitrogens with two attached hydrogens (primary N) is 1. The number of nitrogens with zero attached hydrogens (tertiary/aromatic N) is 4. The summed E-state index contributed by atoms with van der Waals surface area (Å²) >= 11 is 3.42. The lowest BCUT2D eigenvalue weighted by molar-refractivity contribution is 0.0677. The van der Waals surface area contributed by atoms with Crippen LogP contribution in [0.2, 0.25) is 0 Å². The number of anilines is 1. The van der Waals surface area contributed by atoms with Gasteiger partial charge in [-0.3, -0.25) is 0 Å². The summed E-state index contributed by atoms with van der Waals surface area (Å²) in [5, 5.41) is 11.8. The number of hydrogen-bond acceptors (Lipinski definition) is 6. The monoisotopic (exact) mass is 355 g/mol. The largest absolute Gasteiger partial charge is 0.399 e. The van der Waals surface area contributed by atoms with Crippen LogP contribution in [0.15, 0.2) is 22.7 Å². The zero-order chi connectivity index (χ0) is 15.1. The second-order valence-corrected chi connectivity index (χ2v) is 5.37. The second-order valence-electron chi connectivity index (χ2n) is 4.46. The van der Waals surface area contributed by atoms with Crippen LogP contribution < -0.4 is 5.73 Å². The molecule has 0 aliphatic carbocycles. The van der Waals surface area contributed by atoms with Crippen LogP contribution in [-0.2, 0) is 16.0 Å². The molecule has 1 heterocycles. The van der Waals surface area contributed by atoms with Crippen molar-refractivity contribution in [1.29, 1.82) is 0 Å². The molecule has 0 aliphatic rings. The second kappa shape index (κ2) is 8.06. The maximum atomic E-state index is 5.84. The third-order valence-corrected chi connectivity index (χ3v) is 3.26. The van der Waals surface area contributed by atoms with Crippen molar-refractivity contribution in [2.75, 3.05) is 32.7 Å². The predicted molar refractivity (Wildman–Crippen MR) is 82.7 cm³/mol. The molecule has 114 valence electrons. The molecule has 0 unspecified atom stereocenters. The molecule has 0 saturated carbocycles. The first kappa shape index (κ1) is 15.9. The Kier molecular flexibility index (Phi) is 6.09. The Balaban J connectivity index is 1.95. The zero-order valence-electron chi connectivity index (χ0n) is 11.8. The van der Waals surface area contributed by atoms with Gasteiger partial charge in [0.15, 0.2) is 5.82 Å². The molecule has 2 aromatic rings. The first-order valence-electron chi connectivity index (χ1n) is 6.60. The minimum atomic E-state index is 0.598. The van der Waals surface area contributed by atoms with Crippen molar-refractivity contribution in [3.05, 3.63) is 22.7 Å². The van der Waals surface area contributed by atoms with Gasteiger partial charge in [-0.05, 0) is 35.0 Å². The smallest absolute Gasteiger partial charge is 0.182 e. The van der Waals surface area contributed by atoms with Gasteiger partial charge in [0, 0.05) is 36.0 Å². The van der Waals surface area contributed by atoms with E-state index in [1.807, 2.05) is 18.2 Å². The van der Waals surface area contributed by atoms with Crippen LogP contribution in [0.5, 0.6) is 0 Å². The van der Waals surface area contributed by atoms with E-state index in [0.29, 0.717) is 37.9 Å². The Labute approximate surface area is 131 Å². The Morgan fingerprint density at radius 1 is 1.24 bits per heavy atom. The topological polar surface area (TPSA) is 88.1 Å². The SMILES string of the molecule is COCCOCCCn1nnnc1-c1cc(N)cc(Br)c1. The molecular weight excluding hydrogens is 338 g/mol. The minimum absolute atomic E-state index is 0.598. The molecule has 7 nitrogen and oxygen atoms in total. The average Bonchev–Trinajstić information content (AvgIpc) is 2.90. The summed E-state index contributed by atoms with van der Waals surface area (Å²) < 4.78 is 13.0. The molecule has 0 bridgehead atoms. The summed E-state index contributed by atoms with van der Waals surface area (Å²) in [7, 11) is 1.65. The Bertz CT molecular complexity index is 555. The lowest BCUT2D eigenvalue weighted by Crippen LogP contribution is -2.08. The molecule has 0 atom stereocenters. The third kappa shape index (κ3) is 4.76. The van der Waals surface area contributed by atoms with Gasteiger partial charge in [-0.2, -0.15) is 0 Å². The van der Waals surface area contributed by atoms with E-state index in [1.165, 1.54) is 0 Å². The zero-order valence-corrected chi connectivity index (χ0v) is 13.4. The number of benzene rings is 1. The minimum Gasteiger partial charge on any atom is -0.399 e. The van der Waals surface area contributed by atoms with Crippen LogP contribution in [0.4, 0.5) is 5.69 Å². The van der Waals surface area contributed by atoms with Gasteiger partial charge in [0.2, 0.25) is 0 Å². The number of methoxy groups -OCH3 is 1. The Morgan fingerprint density at radius 2 is 2.10 bits per heavy atom. The molecule has 2 rings (SSSR count). The maximum Gasteiger partial charge on any atom is 0.182 e. The molecule has 0 saturated heterocycles. The molecule has 0 fully saturated rings. The van der Waals surface area contributed by atoms with Crippen molar-refractivity contribution in [1.82, 2.24) is 20.2 Å². The summed E-state index contributed by atoms with van der Waals surface area (Å²) in [6.07, 6.45) is 0.825. The van der Waals surface area contributed by atoms with E-state index in [-0.39, 0.29) is 0 Å². The average molecular weight is 356 g/mol. The molecule has 0 aliphatic heterocycles. The number of aryl methyl sites for hydroxylation is 1. The van der Waals surface area contributed by atoms with Crippen molar-refractivity contribution in [2.45, 2.75) is 13.0 Å². The highest BCUT2D eigenvalue weighted by Gasteiger charge is 2.10. The van der Waals surface area contributed by atoms with E-state index >= 15 is 0 Å². The van der Waals surface area contributed by atoms with E-state index in [0.717, 1.165) is 16.5 Å². The Morgan fingerprint density at radius 3 is 2.86 bits per heavy atom. The van der Waals surface area contributed by atoms with Gasteiger partial charge in [0.1, 0.15) is 0 Å². The number of rotatable bonds is 8. The Hall–Kier alpha value is -1.51. The van der Waals surface area contributed by atoms with Crippen LogP contribution in [-0.4, -0.2) is 47.1 Å². The van der Waals surface area contributed by atoms with Crippen molar-refractivity contribution in [3.63, 3.8) is 0 Å². The molecular formula is C13H18BrN5O2. The maximum absolute atomic E-state index is 5.84. The van der Waals surface area contributed by atoms with Gasteiger partial charge in [0.25, 0.3) is 0 Å². The van der Waals surface area contributed by atoms with Crippen molar-refractivity contribution in [3.8, 4) is 11.4 Å². The van der Waals surface area contributed by atoms with Gasteiger partial charge in [-0.15, -0.1) is 5.10 Å². The lowest BCUT2D eigenvalue weighted by atomic mass is 10.2. The number of tetrazole rings is 1. The molecule has 21 heavy (non-hydrogen) atoms. The number of nitrogen functional groups attached to an aromatic ring is 1. The molecule has 1 aromatic heterocycles. The van der Waals surface area contributed by atoms with Gasteiger partial charge >= 0.3 is 0 Å². The number of halogens is 1. The fraction of sp³-hybridized carbons (Fsp3) is 0.462. The normalized spacial score (nSPS) is 11.0. The standard InChI is InChI=1S/C13H18BrN5O2/c1-20-5-6-21-4-2-3-19-13(16-17-18-19)10-7-11(14)9-12(15)8-10/h7-9H,2-6,15H2,1H3. The summed E-state index contributed by atoms with van der Waals surface area (Å²) in [5.74, 6) is 0.694. The van der Waals surface area contributed by atoms with Crippen LogP contribution >= 0.6 is 15.9 Å². The van der Waals surface area contributed by atoms with E-state index in [1.54, 1.807) is 11.8 Å². The number of hydrogen-bond donors (Lipinski definition) is 1. The summed E-state index contributed by atoms with van der Waals surface area (Å²) in [5.41, 5.74) is 7.39. The molecule has 2 N–H and O–H groups in total. The van der Waals surface area contributed by atoms with Gasteiger partial charge in [-0.25, -0.2) is 4.68 Å². The molecule has 0 radical (unpaired) electrons. The quantitative estimate of drug-likeness (QED) is 0.573. The van der Waals surface area contributed by atoms with Crippen LogP contribution in [0.3, 0.4) is 0 Å². The number of aromatic nitrogens is 4. The van der Waals surface area contributed by atoms with Gasteiger partial charge in [0.05, 0.1) is 13.2 Å². The third-order valence-electron chi connectivity index (χ3n) is 2.80. The fourth-order valence-corrected chi connectivity index (χ4v) is 2.38. The summed E-state index contributed by atoms with van der Waals surface area (Å²) in [6, 6.07) is 5.62. The van der Waals surface area contributed by atoms with Crippen LogP contribution in [0.1, 0.15) is 6.42 Å². The highest BCUT2D eigenvalue weighted by atomic mass is 79.9. The first-order chi connectivity index (χ1) is 10.2. The van der Waals surface area contributed by atoms with Crippen molar-refractivity contribution >= 4 is 21.6 Å². The summed E-state index contributed by atoms with van der Waals surface area (Å²) in [6.45, 7) is 2.53. The molecule has 8 heteroatoms. The number of ether oxygens (including phenoxy) is 2. The molecule has 0 amide bonds. The highest BCUT2D eigenvalue weighted by Crippen LogP contribution is 2.24. The predicted octanol–water partition coefficient (Wildman–Crippen LogP) is 1.74. The lowest BCUT2D eigenvalue weighted by Gasteiger charge is -2.07. The molecule has 1 aromatic carbocycles. The van der Waals surface area contributed by atoms with Gasteiger partial charge in [-0.1, -0.05) is 15.9 Å². The van der Waals surface area contributed by atoms with E-state index in [4.69, 9.17) is 15.2 Å². The fourth-order valence-electron chi connectivity index (χ4n) is 1.86. The van der Waals surface area contributed by atoms with Crippen LogP contribution in [0, 0.1) is 0 Å². The van der Waals surface area contributed by atoms with Gasteiger partial charge < -0.3 is 15.2 Å².